The van der Waals surface area contributed by atoms with Gasteiger partial charge in [0.25, 0.3) is 0 Å². The molecule has 0 bridgehead atoms. The minimum Gasteiger partial charge on any atom is -0.493 e. The van der Waals surface area contributed by atoms with Gasteiger partial charge >= 0.3 is 0 Å². The fourth-order valence-electron chi connectivity index (χ4n) is 2.46. The third kappa shape index (κ3) is 2.83. The Morgan fingerprint density at radius 3 is 3.18 bits per heavy atom. The number of ether oxygens (including phenoxy) is 1. The Labute approximate surface area is 108 Å². The Morgan fingerprint density at radius 2 is 2.41 bits per heavy atom. The zero-order chi connectivity index (χ0) is 12.1. The van der Waals surface area contributed by atoms with E-state index in [1.807, 2.05) is 18.3 Å². The molecule has 0 saturated carbocycles. The summed E-state index contributed by atoms with van der Waals surface area (Å²) in [6, 6.07) is 4.38. The highest BCUT2D eigenvalue weighted by Crippen LogP contribution is 2.31. The SMILES string of the molecule is COc1cccnc1N1CCCCC1CCCl. The highest BCUT2D eigenvalue weighted by atomic mass is 35.5. The van der Waals surface area contributed by atoms with Gasteiger partial charge in [-0.3, -0.25) is 0 Å². The Kier molecular flexibility index (Phi) is 4.49. The van der Waals surface area contributed by atoms with Crippen molar-refractivity contribution in [1.82, 2.24) is 4.98 Å². The van der Waals surface area contributed by atoms with Crippen molar-refractivity contribution in [3.05, 3.63) is 18.3 Å². The van der Waals surface area contributed by atoms with Gasteiger partial charge in [0.15, 0.2) is 11.6 Å². The van der Waals surface area contributed by atoms with Crippen LogP contribution in [-0.2, 0) is 0 Å². The van der Waals surface area contributed by atoms with Crippen LogP contribution in [0.25, 0.3) is 0 Å². The molecule has 0 N–H and O–H groups in total. The predicted octanol–water partition coefficient (Wildman–Crippen LogP) is 3.08. The van der Waals surface area contributed by atoms with Gasteiger partial charge in [0, 0.05) is 24.7 Å². The van der Waals surface area contributed by atoms with Crippen molar-refractivity contribution in [1.29, 1.82) is 0 Å². The highest BCUT2D eigenvalue weighted by molar-refractivity contribution is 6.17. The molecule has 3 nitrogen and oxygen atoms in total. The second-order valence-electron chi connectivity index (χ2n) is 4.35. The molecule has 2 heterocycles. The lowest BCUT2D eigenvalue weighted by molar-refractivity contribution is 0.399. The van der Waals surface area contributed by atoms with E-state index in [-0.39, 0.29) is 0 Å². The molecule has 1 aromatic heterocycles. The lowest BCUT2D eigenvalue weighted by Gasteiger charge is -2.37. The number of pyridine rings is 1. The number of halogens is 1. The number of nitrogens with zero attached hydrogens (tertiary/aromatic N) is 2. The van der Waals surface area contributed by atoms with Gasteiger partial charge in [0.1, 0.15) is 0 Å². The minimum absolute atomic E-state index is 0.505. The first-order valence-electron chi connectivity index (χ1n) is 6.18. The third-order valence-corrected chi connectivity index (χ3v) is 3.53. The average Bonchev–Trinajstić information content (AvgIpc) is 2.40. The Balaban J connectivity index is 2.22. The number of hydrogen-bond acceptors (Lipinski definition) is 3. The van der Waals surface area contributed by atoms with Crippen LogP contribution in [0.4, 0.5) is 5.82 Å². The van der Waals surface area contributed by atoms with Crippen molar-refractivity contribution in [2.75, 3.05) is 24.4 Å². The maximum atomic E-state index is 5.88. The van der Waals surface area contributed by atoms with Crippen molar-refractivity contribution in [2.24, 2.45) is 0 Å². The minimum atomic E-state index is 0.505. The Morgan fingerprint density at radius 1 is 1.53 bits per heavy atom. The van der Waals surface area contributed by atoms with E-state index in [0.29, 0.717) is 11.9 Å². The van der Waals surface area contributed by atoms with Gasteiger partial charge < -0.3 is 9.64 Å². The van der Waals surface area contributed by atoms with Gasteiger partial charge in [-0.25, -0.2) is 4.98 Å². The van der Waals surface area contributed by atoms with E-state index in [0.717, 1.165) is 24.5 Å². The van der Waals surface area contributed by atoms with Gasteiger partial charge in [-0.15, -0.1) is 11.6 Å². The number of aromatic nitrogens is 1. The molecule has 1 aromatic rings. The van der Waals surface area contributed by atoms with Crippen molar-refractivity contribution in [2.45, 2.75) is 31.7 Å². The zero-order valence-electron chi connectivity index (χ0n) is 10.2. The van der Waals surface area contributed by atoms with Crippen LogP contribution in [0.2, 0.25) is 0 Å². The summed E-state index contributed by atoms with van der Waals surface area (Å²) in [6.45, 7) is 1.05. The number of piperidine rings is 1. The molecule has 1 unspecified atom stereocenters. The monoisotopic (exact) mass is 254 g/mol. The van der Waals surface area contributed by atoms with Crippen molar-refractivity contribution < 1.29 is 4.74 Å². The highest BCUT2D eigenvalue weighted by Gasteiger charge is 2.25. The molecule has 2 rings (SSSR count). The van der Waals surface area contributed by atoms with Gasteiger partial charge in [-0.05, 0) is 37.8 Å². The van der Waals surface area contributed by atoms with E-state index in [1.165, 1.54) is 19.3 Å². The van der Waals surface area contributed by atoms with E-state index >= 15 is 0 Å². The van der Waals surface area contributed by atoms with Gasteiger partial charge in [0.2, 0.25) is 0 Å². The number of methoxy groups -OCH3 is 1. The number of anilines is 1. The fraction of sp³-hybridized carbons (Fsp3) is 0.615. The maximum Gasteiger partial charge on any atom is 0.171 e. The number of hydrogen-bond donors (Lipinski definition) is 0. The van der Waals surface area contributed by atoms with Crippen LogP contribution in [0, 0.1) is 0 Å². The van der Waals surface area contributed by atoms with E-state index in [9.17, 15) is 0 Å². The second kappa shape index (κ2) is 6.10. The largest absolute Gasteiger partial charge is 0.493 e. The first-order valence-corrected chi connectivity index (χ1v) is 6.72. The number of alkyl halides is 1. The van der Waals surface area contributed by atoms with Crippen LogP contribution in [-0.4, -0.2) is 30.6 Å². The molecular weight excluding hydrogens is 236 g/mol. The van der Waals surface area contributed by atoms with Crippen LogP contribution < -0.4 is 9.64 Å². The predicted molar refractivity (Wildman–Crippen MR) is 71.1 cm³/mol. The van der Waals surface area contributed by atoms with Gasteiger partial charge in [0.05, 0.1) is 7.11 Å². The van der Waals surface area contributed by atoms with Crippen molar-refractivity contribution in [3.8, 4) is 5.75 Å². The van der Waals surface area contributed by atoms with Crippen LogP contribution in [0.15, 0.2) is 18.3 Å². The number of rotatable bonds is 4. The van der Waals surface area contributed by atoms with E-state index in [1.54, 1.807) is 7.11 Å². The van der Waals surface area contributed by atoms with Crippen molar-refractivity contribution in [3.63, 3.8) is 0 Å². The standard InChI is InChI=1S/C13H19ClN2O/c1-17-12-6-4-9-15-13(12)16-10-3-2-5-11(16)7-8-14/h4,6,9,11H,2-3,5,7-8,10H2,1H3. The van der Waals surface area contributed by atoms with Gasteiger partial charge in [-0.1, -0.05) is 0 Å². The zero-order valence-corrected chi connectivity index (χ0v) is 11.0. The van der Waals surface area contributed by atoms with E-state index in [4.69, 9.17) is 16.3 Å². The van der Waals surface area contributed by atoms with E-state index in [2.05, 4.69) is 9.88 Å². The summed E-state index contributed by atoms with van der Waals surface area (Å²) in [6.07, 6.45) is 6.55. The van der Waals surface area contributed by atoms with Crippen molar-refractivity contribution >= 4 is 17.4 Å². The summed E-state index contributed by atoms with van der Waals surface area (Å²) in [4.78, 5) is 6.82. The smallest absolute Gasteiger partial charge is 0.171 e. The van der Waals surface area contributed by atoms with E-state index < -0.39 is 0 Å². The molecule has 0 aliphatic carbocycles. The molecule has 0 amide bonds. The Bertz CT molecular complexity index is 357. The molecule has 1 saturated heterocycles. The second-order valence-corrected chi connectivity index (χ2v) is 4.73. The topological polar surface area (TPSA) is 25.4 Å². The average molecular weight is 255 g/mol. The van der Waals surface area contributed by atoms with Crippen LogP contribution in [0.1, 0.15) is 25.7 Å². The molecule has 0 aromatic carbocycles. The van der Waals surface area contributed by atoms with Crippen LogP contribution >= 0.6 is 11.6 Å². The lowest BCUT2D eigenvalue weighted by Crippen LogP contribution is -2.40. The van der Waals surface area contributed by atoms with Crippen LogP contribution in [0.5, 0.6) is 5.75 Å². The molecule has 94 valence electrons. The van der Waals surface area contributed by atoms with Gasteiger partial charge in [-0.2, -0.15) is 0 Å². The quantitative estimate of drug-likeness (QED) is 0.773. The molecule has 1 fully saturated rings. The Hall–Kier alpha value is -0.960. The molecular formula is C13H19ClN2O. The molecule has 1 atom stereocenters. The van der Waals surface area contributed by atoms with Crippen LogP contribution in [0.3, 0.4) is 0 Å². The summed E-state index contributed by atoms with van der Waals surface area (Å²) < 4.78 is 5.39. The first kappa shape index (κ1) is 12.5. The normalized spacial score (nSPS) is 20.4. The summed E-state index contributed by atoms with van der Waals surface area (Å²) in [5, 5.41) is 0. The lowest BCUT2D eigenvalue weighted by atomic mass is 10.00. The third-order valence-electron chi connectivity index (χ3n) is 3.31. The molecule has 0 spiro atoms. The summed E-state index contributed by atoms with van der Waals surface area (Å²) in [5.74, 6) is 2.52. The maximum absolute atomic E-state index is 5.88. The molecule has 1 aliphatic rings. The molecule has 4 heteroatoms. The summed E-state index contributed by atoms with van der Waals surface area (Å²) in [7, 11) is 1.70. The molecule has 0 radical (unpaired) electrons. The fourth-order valence-corrected chi connectivity index (χ4v) is 2.71. The molecule has 1 aliphatic heterocycles. The molecule has 17 heavy (non-hydrogen) atoms. The summed E-state index contributed by atoms with van der Waals surface area (Å²) in [5.41, 5.74) is 0. The summed E-state index contributed by atoms with van der Waals surface area (Å²) >= 11 is 5.88. The first-order chi connectivity index (χ1) is 8.36.